The Balaban J connectivity index is 1.87. The highest BCUT2D eigenvalue weighted by Crippen LogP contribution is 2.38. The molecule has 1 atom stereocenters. The zero-order valence-electron chi connectivity index (χ0n) is 15.1. The van der Waals surface area contributed by atoms with E-state index in [1.54, 1.807) is 23.3 Å². The summed E-state index contributed by atoms with van der Waals surface area (Å²) >= 11 is 1.78. The minimum atomic E-state index is -0.454. The first-order chi connectivity index (χ1) is 12.4. The summed E-state index contributed by atoms with van der Waals surface area (Å²) in [6.45, 7) is 7.90. The van der Waals surface area contributed by atoms with Crippen LogP contribution in [0.2, 0.25) is 0 Å². The lowest BCUT2D eigenvalue weighted by atomic mass is 9.85. The summed E-state index contributed by atoms with van der Waals surface area (Å²) in [5.74, 6) is 6.81. The lowest BCUT2D eigenvalue weighted by Gasteiger charge is -2.40. The molecule has 0 aliphatic carbocycles. The van der Waals surface area contributed by atoms with E-state index < -0.39 is 5.54 Å². The molecule has 0 radical (unpaired) electrons. The number of fused-ring (bicyclic) bond motifs is 3. The highest BCUT2D eigenvalue weighted by Gasteiger charge is 2.37. The Morgan fingerprint density at radius 1 is 1.19 bits per heavy atom. The number of carbonyl (C=O) groups excluding carboxylic acids is 1. The van der Waals surface area contributed by atoms with Gasteiger partial charge in [-0.3, -0.25) is 4.79 Å². The van der Waals surface area contributed by atoms with Crippen molar-refractivity contribution >= 4 is 37.4 Å². The Bertz CT molecular complexity index is 1110. The Morgan fingerprint density at radius 2 is 1.88 bits per heavy atom. The smallest absolute Gasteiger partial charge is 0.230 e. The van der Waals surface area contributed by atoms with Gasteiger partial charge in [0, 0.05) is 32.8 Å². The third kappa shape index (κ3) is 2.56. The van der Waals surface area contributed by atoms with Gasteiger partial charge >= 0.3 is 0 Å². The fourth-order valence-electron chi connectivity index (χ4n) is 3.54. The molecule has 0 bridgehead atoms. The molecule has 1 amide bonds. The summed E-state index contributed by atoms with van der Waals surface area (Å²) in [4.78, 5) is 13.9. The van der Waals surface area contributed by atoms with E-state index in [0.717, 1.165) is 11.1 Å². The van der Waals surface area contributed by atoms with Gasteiger partial charge < -0.3 is 10.2 Å². The van der Waals surface area contributed by atoms with Gasteiger partial charge in [-0.1, -0.05) is 18.6 Å². The quantitative estimate of drug-likeness (QED) is 0.645. The molecule has 26 heavy (non-hydrogen) atoms. The van der Waals surface area contributed by atoms with Gasteiger partial charge in [-0.15, -0.1) is 17.3 Å². The number of amides is 1. The average molecular weight is 360 g/mol. The van der Waals surface area contributed by atoms with Gasteiger partial charge in [0.05, 0.1) is 12.0 Å². The van der Waals surface area contributed by atoms with E-state index in [-0.39, 0.29) is 5.91 Å². The van der Waals surface area contributed by atoms with Crippen LogP contribution in [0.1, 0.15) is 31.4 Å². The van der Waals surface area contributed by atoms with Crippen LogP contribution in [0.5, 0.6) is 0 Å². The van der Waals surface area contributed by atoms with Crippen molar-refractivity contribution in [3.63, 3.8) is 0 Å². The second-order valence-electron chi connectivity index (χ2n) is 6.93. The van der Waals surface area contributed by atoms with Gasteiger partial charge in [-0.05, 0) is 49.7 Å². The molecule has 1 fully saturated rings. The largest absolute Gasteiger partial charge is 0.362 e. The molecule has 2 heterocycles. The van der Waals surface area contributed by atoms with Crippen molar-refractivity contribution in [2.24, 2.45) is 0 Å². The molecular formula is C22H20N2OS. The summed E-state index contributed by atoms with van der Waals surface area (Å²) < 4.78 is 2.49. The SMILES string of the molecule is C=C1N[C@](C)(c2ccc3sc4ccc(C#CC)cc4c3c2)CC(=O)N1C. The summed E-state index contributed by atoms with van der Waals surface area (Å²) in [5, 5.41) is 5.84. The average Bonchev–Trinajstić information content (AvgIpc) is 2.97. The molecule has 0 saturated carbocycles. The molecule has 4 heteroatoms. The van der Waals surface area contributed by atoms with Crippen molar-refractivity contribution in [1.29, 1.82) is 0 Å². The maximum atomic E-state index is 12.3. The minimum absolute atomic E-state index is 0.0760. The zero-order valence-corrected chi connectivity index (χ0v) is 16.0. The molecule has 4 rings (SSSR count). The van der Waals surface area contributed by atoms with E-state index in [1.807, 2.05) is 6.92 Å². The van der Waals surface area contributed by atoms with Gasteiger partial charge in [-0.25, -0.2) is 0 Å². The fraction of sp³-hybridized carbons (Fsp3) is 0.227. The zero-order chi connectivity index (χ0) is 18.5. The van der Waals surface area contributed by atoms with Gasteiger partial charge in [0.2, 0.25) is 5.91 Å². The molecule has 3 nitrogen and oxygen atoms in total. The van der Waals surface area contributed by atoms with E-state index in [4.69, 9.17) is 0 Å². The molecular weight excluding hydrogens is 340 g/mol. The summed E-state index contributed by atoms with van der Waals surface area (Å²) in [7, 11) is 1.75. The van der Waals surface area contributed by atoms with Crippen molar-refractivity contribution in [1.82, 2.24) is 10.2 Å². The lowest BCUT2D eigenvalue weighted by Crippen LogP contribution is -2.52. The summed E-state index contributed by atoms with van der Waals surface area (Å²) in [5.41, 5.74) is 1.67. The summed E-state index contributed by atoms with van der Waals surface area (Å²) in [6.07, 6.45) is 0.405. The third-order valence-corrected chi connectivity index (χ3v) is 6.23. The Labute approximate surface area is 157 Å². The molecule has 1 aliphatic heterocycles. The Hall–Kier alpha value is -2.77. The van der Waals surface area contributed by atoms with Crippen LogP contribution < -0.4 is 5.32 Å². The van der Waals surface area contributed by atoms with E-state index in [2.05, 4.69) is 67.1 Å². The number of nitrogens with one attached hydrogen (secondary N) is 1. The van der Waals surface area contributed by atoms with E-state index >= 15 is 0 Å². The van der Waals surface area contributed by atoms with Crippen molar-refractivity contribution < 1.29 is 4.79 Å². The highest BCUT2D eigenvalue weighted by molar-refractivity contribution is 7.25. The second-order valence-corrected chi connectivity index (χ2v) is 8.02. The number of nitrogens with zero attached hydrogens (tertiary/aromatic N) is 1. The minimum Gasteiger partial charge on any atom is -0.362 e. The van der Waals surface area contributed by atoms with Crippen molar-refractivity contribution in [3.05, 3.63) is 59.9 Å². The Kier molecular flexibility index (Phi) is 3.78. The van der Waals surface area contributed by atoms with Crippen molar-refractivity contribution in [2.75, 3.05) is 7.05 Å². The van der Waals surface area contributed by atoms with Crippen LogP contribution in [-0.2, 0) is 10.3 Å². The highest BCUT2D eigenvalue weighted by atomic mass is 32.1. The Morgan fingerprint density at radius 3 is 2.58 bits per heavy atom. The lowest BCUT2D eigenvalue weighted by molar-refractivity contribution is -0.132. The number of rotatable bonds is 1. The topological polar surface area (TPSA) is 32.3 Å². The van der Waals surface area contributed by atoms with Crippen LogP contribution in [0.25, 0.3) is 20.2 Å². The van der Waals surface area contributed by atoms with Crippen molar-refractivity contribution in [3.8, 4) is 11.8 Å². The monoisotopic (exact) mass is 360 g/mol. The molecule has 1 N–H and O–H groups in total. The first-order valence-corrected chi connectivity index (χ1v) is 9.36. The number of hydrogen-bond acceptors (Lipinski definition) is 3. The van der Waals surface area contributed by atoms with E-state index in [0.29, 0.717) is 12.2 Å². The molecule has 1 saturated heterocycles. The third-order valence-electron chi connectivity index (χ3n) is 5.08. The number of hydrogen-bond donors (Lipinski definition) is 1. The van der Waals surface area contributed by atoms with Gasteiger partial charge in [-0.2, -0.15) is 0 Å². The maximum Gasteiger partial charge on any atom is 0.230 e. The number of carbonyl (C=O) groups is 1. The number of benzene rings is 2. The molecule has 0 unspecified atom stereocenters. The maximum absolute atomic E-state index is 12.3. The van der Waals surface area contributed by atoms with Crippen LogP contribution in [0.4, 0.5) is 0 Å². The molecule has 3 aromatic rings. The molecule has 2 aromatic carbocycles. The van der Waals surface area contributed by atoms with Gasteiger partial charge in [0.25, 0.3) is 0 Å². The molecule has 1 aliphatic rings. The predicted octanol–water partition coefficient (Wildman–Crippen LogP) is 4.56. The predicted molar refractivity (Wildman–Crippen MR) is 109 cm³/mol. The van der Waals surface area contributed by atoms with Crippen LogP contribution in [0.15, 0.2) is 48.8 Å². The number of thiophene rings is 1. The van der Waals surface area contributed by atoms with E-state index in [9.17, 15) is 4.79 Å². The van der Waals surface area contributed by atoms with Crippen LogP contribution >= 0.6 is 11.3 Å². The molecule has 130 valence electrons. The van der Waals surface area contributed by atoms with Gasteiger partial charge in [0.15, 0.2) is 0 Å². The van der Waals surface area contributed by atoms with Crippen LogP contribution in [-0.4, -0.2) is 17.9 Å². The van der Waals surface area contributed by atoms with Crippen LogP contribution in [0, 0.1) is 11.8 Å². The first kappa shape index (κ1) is 16.7. The second kappa shape index (κ2) is 5.89. The molecule has 1 aromatic heterocycles. The van der Waals surface area contributed by atoms with Crippen molar-refractivity contribution in [2.45, 2.75) is 25.8 Å². The fourth-order valence-corrected chi connectivity index (χ4v) is 4.60. The van der Waals surface area contributed by atoms with Gasteiger partial charge in [0.1, 0.15) is 5.82 Å². The first-order valence-electron chi connectivity index (χ1n) is 8.54. The molecule has 0 spiro atoms. The van der Waals surface area contributed by atoms with Crippen LogP contribution in [0.3, 0.4) is 0 Å². The van der Waals surface area contributed by atoms with E-state index in [1.165, 1.54) is 20.2 Å². The summed E-state index contributed by atoms with van der Waals surface area (Å²) in [6, 6.07) is 12.8. The standard InChI is InChI=1S/C22H20N2OS/c1-5-6-15-7-9-19-17(11-15)18-12-16(8-10-20(18)26-19)22(3)13-21(25)24(4)14(2)23-22/h7-12,23H,2,13H2,1,3-4H3/t22-/m0/s1. The normalized spacial score (nSPS) is 20.2.